The summed E-state index contributed by atoms with van der Waals surface area (Å²) in [5.74, 6) is 1.17. The molecule has 0 amide bonds. The summed E-state index contributed by atoms with van der Waals surface area (Å²) < 4.78 is 8.10. The van der Waals surface area contributed by atoms with Gasteiger partial charge in [-0.15, -0.1) is 5.10 Å². The predicted octanol–water partition coefficient (Wildman–Crippen LogP) is 6.58. The van der Waals surface area contributed by atoms with Gasteiger partial charge in [0.2, 0.25) is 0 Å². The van der Waals surface area contributed by atoms with Gasteiger partial charge in [-0.25, -0.2) is 4.57 Å². The normalized spacial score (nSPS) is 20.2. The highest BCUT2D eigenvalue weighted by atomic mass is 16.5. The van der Waals surface area contributed by atoms with Crippen molar-refractivity contribution in [3.63, 3.8) is 0 Å². The fraction of sp³-hybridized carbons (Fsp3) is 0.481. The summed E-state index contributed by atoms with van der Waals surface area (Å²) in [6, 6.07) is 3.61. The number of ether oxygens (including phenoxy) is 1. The standard InChI is InChI=1S/C27H35N3O3/c1-18(2)22-15-23(25(32)16-24(22)31)26-28-29-27(33-17-20-10-7-8-11-20)30(26)21-12-6-4-5-9-19(3)13-14-21/h12-16,18,20,31-32H,3-11,17H2,1-2H3/b14-13-,21-12+. The quantitative estimate of drug-likeness (QED) is 0.521. The maximum absolute atomic E-state index is 10.7. The van der Waals surface area contributed by atoms with Crippen LogP contribution in [0.2, 0.25) is 0 Å². The maximum atomic E-state index is 10.7. The first-order valence-corrected chi connectivity index (χ1v) is 12.1. The van der Waals surface area contributed by atoms with Crippen molar-refractivity contribution in [1.82, 2.24) is 14.8 Å². The van der Waals surface area contributed by atoms with Gasteiger partial charge in [0.05, 0.1) is 12.2 Å². The summed E-state index contributed by atoms with van der Waals surface area (Å²) in [6.07, 6.45) is 15.2. The molecule has 2 N–H and O–H groups in total. The lowest BCUT2D eigenvalue weighted by Crippen LogP contribution is -2.12. The van der Waals surface area contributed by atoms with E-state index in [1.807, 2.05) is 30.6 Å². The predicted molar refractivity (Wildman–Crippen MR) is 131 cm³/mol. The van der Waals surface area contributed by atoms with E-state index in [1.165, 1.54) is 31.7 Å². The van der Waals surface area contributed by atoms with Crippen molar-refractivity contribution >= 4 is 5.70 Å². The Balaban J connectivity index is 1.80. The first kappa shape index (κ1) is 23.1. The van der Waals surface area contributed by atoms with Crippen molar-refractivity contribution in [3.05, 3.63) is 48.1 Å². The highest BCUT2D eigenvalue weighted by Gasteiger charge is 2.24. The largest absolute Gasteiger partial charge is 0.508 e. The smallest absolute Gasteiger partial charge is 0.322 e. The molecule has 0 aliphatic heterocycles. The third-order valence-electron chi connectivity index (χ3n) is 6.62. The van der Waals surface area contributed by atoms with Crippen LogP contribution in [-0.2, 0) is 0 Å². The van der Waals surface area contributed by atoms with Crippen LogP contribution in [0.1, 0.15) is 76.7 Å². The Bertz CT molecular complexity index is 1060. The number of benzene rings is 1. The minimum atomic E-state index is -0.0371. The van der Waals surface area contributed by atoms with E-state index in [0.717, 1.165) is 42.5 Å². The fourth-order valence-corrected chi connectivity index (χ4v) is 4.64. The number of rotatable bonds is 6. The lowest BCUT2D eigenvalue weighted by atomic mass is 9.98. The summed E-state index contributed by atoms with van der Waals surface area (Å²) in [5.41, 5.74) is 3.25. The molecular formula is C27H35N3O3. The first-order valence-electron chi connectivity index (χ1n) is 12.1. The van der Waals surface area contributed by atoms with Crippen LogP contribution in [0.3, 0.4) is 0 Å². The Morgan fingerprint density at radius 2 is 1.85 bits per heavy atom. The van der Waals surface area contributed by atoms with Crippen LogP contribution in [0, 0.1) is 5.92 Å². The van der Waals surface area contributed by atoms with Gasteiger partial charge in [0.1, 0.15) is 11.5 Å². The number of hydrogen-bond acceptors (Lipinski definition) is 5. The number of nitrogens with zero attached hydrogens (tertiary/aromatic N) is 3. The number of hydrogen-bond donors (Lipinski definition) is 2. The highest BCUT2D eigenvalue weighted by molar-refractivity contribution is 5.73. The van der Waals surface area contributed by atoms with E-state index in [-0.39, 0.29) is 17.4 Å². The van der Waals surface area contributed by atoms with Crippen LogP contribution in [0.4, 0.5) is 0 Å². The monoisotopic (exact) mass is 449 g/mol. The molecule has 176 valence electrons. The molecule has 0 radical (unpaired) electrons. The Kier molecular flexibility index (Phi) is 7.21. The molecule has 0 unspecified atom stereocenters. The van der Waals surface area contributed by atoms with Gasteiger partial charge >= 0.3 is 6.01 Å². The molecule has 33 heavy (non-hydrogen) atoms. The molecule has 4 rings (SSSR count). The second-order valence-corrected chi connectivity index (χ2v) is 9.55. The first-order chi connectivity index (χ1) is 15.9. The van der Waals surface area contributed by atoms with Crippen molar-refractivity contribution in [2.75, 3.05) is 6.61 Å². The van der Waals surface area contributed by atoms with E-state index in [4.69, 9.17) is 4.74 Å². The molecule has 1 saturated carbocycles. The second kappa shape index (κ2) is 10.3. The van der Waals surface area contributed by atoms with E-state index in [9.17, 15) is 10.2 Å². The fourth-order valence-electron chi connectivity index (χ4n) is 4.64. The maximum Gasteiger partial charge on any atom is 0.322 e. The van der Waals surface area contributed by atoms with Gasteiger partial charge in [-0.05, 0) is 68.1 Å². The zero-order valence-electron chi connectivity index (χ0n) is 19.8. The Morgan fingerprint density at radius 1 is 1.06 bits per heavy atom. The Hall–Kier alpha value is -3.02. The van der Waals surface area contributed by atoms with Gasteiger partial charge < -0.3 is 14.9 Å². The lowest BCUT2D eigenvalue weighted by molar-refractivity contribution is 0.231. The lowest BCUT2D eigenvalue weighted by Gasteiger charge is -2.16. The van der Waals surface area contributed by atoms with Crippen LogP contribution in [0.5, 0.6) is 17.5 Å². The Morgan fingerprint density at radius 3 is 2.61 bits per heavy atom. The van der Waals surface area contributed by atoms with Crippen LogP contribution in [0.25, 0.3) is 17.1 Å². The van der Waals surface area contributed by atoms with E-state index < -0.39 is 0 Å². The van der Waals surface area contributed by atoms with E-state index in [0.29, 0.717) is 29.9 Å². The summed E-state index contributed by atoms with van der Waals surface area (Å²) in [6.45, 7) is 8.79. The molecular weight excluding hydrogens is 414 g/mol. The Labute approximate surface area is 196 Å². The molecule has 0 saturated heterocycles. The molecule has 0 atom stereocenters. The zero-order valence-corrected chi connectivity index (χ0v) is 19.8. The van der Waals surface area contributed by atoms with Gasteiger partial charge in [0.25, 0.3) is 0 Å². The summed E-state index contributed by atoms with van der Waals surface area (Å²) >= 11 is 0. The van der Waals surface area contributed by atoms with Crippen LogP contribution in [-0.4, -0.2) is 31.6 Å². The van der Waals surface area contributed by atoms with Gasteiger partial charge in [-0.3, -0.25) is 0 Å². The molecule has 1 fully saturated rings. The van der Waals surface area contributed by atoms with Gasteiger partial charge in [-0.2, -0.15) is 0 Å². The number of aromatic nitrogens is 3. The molecule has 0 bridgehead atoms. The molecule has 0 spiro atoms. The van der Waals surface area contributed by atoms with Gasteiger partial charge in [0.15, 0.2) is 5.82 Å². The average molecular weight is 450 g/mol. The van der Waals surface area contributed by atoms with Crippen molar-refractivity contribution in [3.8, 4) is 28.9 Å². The molecule has 6 heteroatoms. The number of phenolic OH excluding ortho intramolecular Hbond substituents is 2. The van der Waals surface area contributed by atoms with Crippen LogP contribution >= 0.6 is 0 Å². The molecule has 1 aromatic carbocycles. The minimum Gasteiger partial charge on any atom is -0.508 e. The van der Waals surface area contributed by atoms with Crippen molar-refractivity contribution in [1.29, 1.82) is 0 Å². The molecule has 2 aromatic rings. The average Bonchev–Trinajstić information content (AvgIpc) is 3.44. The van der Waals surface area contributed by atoms with Crippen molar-refractivity contribution < 1.29 is 14.9 Å². The molecule has 1 aromatic heterocycles. The third-order valence-corrected chi connectivity index (χ3v) is 6.62. The third kappa shape index (κ3) is 5.32. The summed E-state index contributed by atoms with van der Waals surface area (Å²) in [5, 5.41) is 29.9. The van der Waals surface area contributed by atoms with Gasteiger partial charge in [0, 0.05) is 11.8 Å². The topological polar surface area (TPSA) is 80.4 Å². The molecule has 6 nitrogen and oxygen atoms in total. The summed E-state index contributed by atoms with van der Waals surface area (Å²) in [7, 11) is 0. The number of allylic oxidation sites excluding steroid dienone is 5. The molecule has 2 aliphatic carbocycles. The molecule has 1 heterocycles. The van der Waals surface area contributed by atoms with Crippen molar-refractivity contribution in [2.45, 2.75) is 71.1 Å². The zero-order chi connectivity index (χ0) is 23.4. The molecule has 2 aliphatic rings. The van der Waals surface area contributed by atoms with Crippen LogP contribution < -0.4 is 4.74 Å². The van der Waals surface area contributed by atoms with Gasteiger partial charge in [-0.1, -0.05) is 56.1 Å². The van der Waals surface area contributed by atoms with E-state index >= 15 is 0 Å². The summed E-state index contributed by atoms with van der Waals surface area (Å²) in [4.78, 5) is 0. The van der Waals surface area contributed by atoms with Crippen LogP contribution in [0.15, 0.2) is 42.5 Å². The number of phenols is 2. The van der Waals surface area contributed by atoms with E-state index in [1.54, 1.807) is 6.07 Å². The SMILES string of the molecule is C=C1/C=C\C(n2c(OCC3CCCC3)nnc2-c2cc(C(C)C)c(O)cc2O)=C/CCCC1. The van der Waals surface area contributed by atoms with Crippen molar-refractivity contribution in [2.24, 2.45) is 5.92 Å². The highest BCUT2D eigenvalue weighted by Crippen LogP contribution is 2.39. The minimum absolute atomic E-state index is 0.0371. The second-order valence-electron chi connectivity index (χ2n) is 9.55. The number of aromatic hydroxyl groups is 2. The van der Waals surface area contributed by atoms with E-state index in [2.05, 4.69) is 22.9 Å².